The number of alkyl halides is 3. The SMILES string of the molecule is CC(=O)C1CC=C(C)CC1.CCC(C)Cc1ccc(OC(F)(F)F)cc1. The second-order valence-corrected chi connectivity index (χ2v) is 7.04. The Kier molecular flexibility index (Phi) is 8.89. The number of Topliss-reactive ketones (excluding diaryl/α,β-unsaturated/α-hetero) is 1. The molecule has 1 aliphatic carbocycles. The standard InChI is InChI=1S/C12H15F3O.C9H14O/c1-3-9(2)8-10-4-6-11(7-5-10)16-12(13,14)15;1-7-3-5-9(6-4-7)8(2)10/h4-7,9H,3,8H2,1-2H3;3,9H,4-6H2,1-2H3. The molecule has 0 bridgehead atoms. The Morgan fingerprint density at radius 2 is 1.88 bits per heavy atom. The van der Waals surface area contributed by atoms with Gasteiger partial charge in [-0.05, 0) is 63.1 Å². The monoisotopic (exact) mass is 370 g/mol. The van der Waals surface area contributed by atoms with Crippen molar-refractivity contribution in [3.63, 3.8) is 0 Å². The average Bonchev–Trinajstić information content (AvgIpc) is 2.56. The molecule has 146 valence electrons. The summed E-state index contributed by atoms with van der Waals surface area (Å²) in [4.78, 5) is 10.9. The molecule has 26 heavy (non-hydrogen) atoms. The summed E-state index contributed by atoms with van der Waals surface area (Å²) < 4.78 is 39.4. The number of rotatable bonds is 5. The topological polar surface area (TPSA) is 26.3 Å². The van der Waals surface area contributed by atoms with Gasteiger partial charge in [0.1, 0.15) is 11.5 Å². The van der Waals surface area contributed by atoms with Crippen molar-refractivity contribution in [2.75, 3.05) is 0 Å². The third-order valence-electron chi connectivity index (χ3n) is 4.65. The van der Waals surface area contributed by atoms with E-state index in [1.807, 2.05) is 0 Å². The van der Waals surface area contributed by atoms with Crippen LogP contribution >= 0.6 is 0 Å². The van der Waals surface area contributed by atoms with Gasteiger partial charge in [-0.15, -0.1) is 13.2 Å². The van der Waals surface area contributed by atoms with Gasteiger partial charge in [0.2, 0.25) is 0 Å². The van der Waals surface area contributed by atoms with Crippen molar-refractivity contribution in [1.29, 1.82) is 0 Å². The molecule has 0 spiro atoms. The summed E-state index contributed by atoms with van der Waals surface area (Å²) in [5.41, 5.74) is 2.47. The van der Waals surface area contributed by atoms with Crippen LogP contribution in [0.3, 0.4) is 0 Å². The summed E-state index contributed by atoms with van der Waals surface area (Å²) in [6, 6.07) is 6.05. The van der Waals surface area contributed by atoms with Gasteiger partial charge in [-0.1, -0.05) is 44.1 Å². The van der Waals surface area contributed by atoms with E-state index in [4.69, 9.17) is 0 Å². The number of hydrogen-bond acceptors (Lipinski definition) is 2. The summed E-state index contributed by atoms with van der Waals surface area (Å²) in [7, 11) is 0. The minimum Gasteiger partial charge on any atom is -0.406 e. The lowest BCUT2D eigenvalue weighted by atomic mass is 9.88. The lowest BCUT2D eigenvalue weighted by Gasteiger charge is -2.16. The third-order valence-corrected chi connectivity index (χ3v) is 4.65. The van der Waals surface area contributed by atoms with E-state index < -0.39 is 6.36 Å². The maximum absolute atomic E-state index is 11.9. The molecule has 0 saturated carbocycles. The van der Waals surface area contributed by atoms with Gasteiger partial charge in [0, 0.05) is 5.92 Å². The maximum Gasteiger partial charge on any atom is 0.573 e. The predicted octanol–water partition coefficient (Wildman–Crippen LogP) is 6.50. The Bertz CT molecular complexity index is 588. The molecule has 0 heterocycles. The molecule has 0 saturated heterocycles. The summed E-state index contributed by atoms with van der Waals surface area (Å²) in [5.74, 6) is 1.04. The van der Waals surface area contributed by atoms with Crippen LogP contribution < -0.4 is 4.74 Å². The van der Waals surface area contributed by atoms with E-state index >= 15 is 0 Å². The van der Waals surface area contributed by atoms with E-state index in [1.165, 1.54) is 17.7 Å². The summed E-state index contributed by atoms with van der Waals surface area (Å²) in [5, 5.41) is 0. The van der Waals surface area contributed by atoms with Gasteiger partial charge >= 0.3 is 6.36 Å². The minimum absolute atomic E-state index is 0.166. The van der Waals surface area contributed by atoms with E-state index in [1.54, 1.807) is 19.1 Å². The predicted molar refractivity (Wildman–Crippen MR) is 98.1 cm³/mol. The van der Waals surface area contributed by atoms with E-state index in [0.717, 1.165) is 37.7 Å². The first-order valence-electron chi connectivity index (χ1n) is 9.11. The Hall–Kier alpha value is -1.78. The third kappa shape index (κ3) is 9.07. The number of ether oxygens (including phenoxy) is 1. The normalized spacial score (nSPS) is 18.3. The average molecular weight is 370 g/mol. The van der Waals surface area contributed by atoms with Gasteiger partial charge < -0.3 is 4.74 Å². The van der Waals surface area contributed by atoms with E-state index in [0.29, 0.717) is 17.6 Å². The number of carbonyl (C=O) groups excluding carboxylic acids is 1. The molecular weight excluding hydrogens is 341 g/mol. The summed E-state index contributed by atoms with van der Waals surface area (Å²) in [6.07, 6.45) is 2.67. The highest BCUT2D eigenvalue weighted by Crippen LogP contribution is 2.24. The van der Waals surface area contributed by atoms with Crippen LogP contribution in [0.2, 0.25) is 0 Å². The van der Waals surface area contributed by atoms with Gasteiger partial charge in [-0.2, -0.15) is 0 Å². The molecule has 0 aliphatic heterocycles. The molecule has 0 radical (unpaired) electrons. The quantitative estimate of drug-likeness (QED) is 0.553. The van der Waals surface area contributed by atoms with Crippen LogP contribution in [0, 0.1) is 11.8 Å². The number of hydrogen-bond donors (Lipinski definition) is 0. The van der Waals surface area contributed by atoms with E-state index in [9.17, 15) is 18.0 Å². The van der Waals surface area contributed by atoms with Crippen molar-refractivity contribution in [2.45, 2.75) is 66.2 Å². The first-order valence-corrected chi connectivity index (χ1v) is 9.11. The van der Waals surface area contributed by atoms with Gasteiger partial charge in [0.25, 0.3) is 0 Å². The lowest BCUT2D eigenvalue weighted by molar-refractivity contribution is -0.274. The summed E-state index contributed by atoms with van der Waals surface area (Å²) >= 11 is 0. The zero-order valence-corrected chi connectivity index (χ0v) is 16.0. The molecule has 2 nitrogen and oxygen atoms in total. The van der Waals surface area contributed by atoms with Crippen molar-refractivity contribution in [3.8, 4) is 5.75 Å². The molecule has 0 amide bonds. The fourth-order valence-electron chi connectivity index (χ4n) is 2.71. The fourth-order valence-corrected chi connectivity index (χ4v) is 2.71. The fraction of sp³-hybridized carbons (Fsp3) is 0.571. The smallest absolute Gasteiger partial charge is 0.406 e. The minimum atomic E-state index is -4.61. The van der Waals surface area contributed by atoms with Crippen molar-refractivity contribution in [2.24, 2.45) is 11.8 Å². The van der Waals surface area contributed by atoms with Crippen LogP contribution in [0.4, 0.5) is 13.2 Å². The van der Waals surface area contributed by atoms with Crippen molar-refractivity contribution < 1.29 is 22.7 Å². The molecular formula is C21H29F3O2. The van der Waals surface area contributed by atoms with Gasteiger partial charge in [0.05, 0.1) is 0 Å². The van der Waals surface area contributed by atoms with Crippen LogP contribution in [0.5, 0.6) is 5.75 Å². The second-order valence-electron chi connectivity index (χ2n) is 7.04. The first-order chi connectivity index (χ1) is 12.1. The number of benzene rings is 1. The maximum atomic E-state index is 11.9. The van der Waals surface area contributed by atoms with Crippen LogP contribution in [-0.4, -0.2) is 12.1 Å². The lowest BCUT2D eigenvalue weighted by Crippen LogP contribution is -2.17. The van der Waals surface area contributed by atoms with Crippen LogP contribution in [0.25, 0.3) is 0 Å². The highest BCUT2D eigenvalue weighted by atomic mass is 19.4. The molecule has 1 aliphatic rings. The second kappa shape index (κ2) is 10.4. The van der Waals surface area contributed by atoms with Gasteiger partial charge in [-0.3, -0.25) is 4.79 Å². The highest BCUT2D eigenvalue weighted by Gasteiger charge is 2.30. The molecule has 5 heteroatoms. The van der Waals surface area contributed by atoms with Crippen molar-refractivity contribution >= 4 is 5.78 Å². The number of allylic oxidation sites excluding steroid dienone is 2. The van der Waals surface area contributed by atoms with Gasteiger partial charge in [-0.25, -0.2) is 0 Å². The summed E-state index contributed by atoms with van der Waals surface area (Å²) in [6.45, 7) is 8.03. The zero-order chi connectivity index (χ0) is 19.7. The number of halogens is 3. The molecule has 2 rings (SSSR count). The molecule has 2 unspecified atom stereocenters. The Morgan fingerprint density at radius 3 is 2.31 bits per heavy atom. The highest BCUT2D eigenvalue weighted by molar-refractivity contribution is 5.78. The molecule has 0 aromatic heterocycles. The number of ketones is 1. The van der Waals surface area contributed by atoms with Crippen LogP contribution in [0.1, 0.15) is 58.9 Å². The Balaban J connectivity index is 0.000000289. The molecule has 2 atom stereocenters. The largest absolute Gasteiger partial charge is 0.573 e. The van der Waals surface area contributed by atoms with Crippen LogP contribution in [0.15, 0.2) is 35.9 Å². The van der Waals surface area contributed by atoms with E-state index in [2.05, 4.69) is 31.6 Å². The van der Waals surface area contributed by atoms with Crippen LogP contribution in [-0.2, 0) is 11.2 Å². The van der Waals surface area contributed by atoms with Crippen molar-refractivity contribution in [3.05, 3.63) is 41.5 Å². The Labute approximate surface area is 154 Å². The zero-order valence-electron chi connectivity index (χ0n) is 16.0. The van der Waals surface area contributed by atoms with Crippen molar-refractivity contribution in [1.82, 2.24) is 0 Å². The van der Waals surface area contributed by atoms with Gasteiger partial charge in [0.15, 0.2) is 0 Å². The van der Waals surface area contributed by atoms with E-state index in [-0.39, 0.29) is 5.75 Å². The molecule has 0 fully saturated rings. The Morgan fingerprint density at radius 1 is 1.27 bits per heavy atom. The number of carbonyl (C=O) groups is 1. The molecule has 1 aromatic carbocycles. The first kappa shape index (κ1) is 22.3. The molecule has 0 N–H and O–H groups in total. The molecule has 1 aromatic rings.